The number of ether oxygens (including phenoxy) is 2. The first-order valence-corrected chi connectivity index (χ1v) is 12.8. The fraction of sp³-hybridized carbons (Fsp3) is 0.290. The molecule has 3 aromatic carbocycles. The number of carbonyl (C=O) groups is 1. The van der Waals surface area contributed by atoms with E-state index in [9.17, 15) is 4.79 Å². The quantitative estimate of drug-likeness (QED) is 0.285. The Bertz CT molecular complexity index is 1380. The summed E-state index contributed by atoms with van der Waals surface area (Å²) in [5.41, 5.74) is 6.38. The number of nitrogens with one attached hydrogen (secondary N) is 1. The van der Waals surface area contributed by atoms with E-state index in [0.717, 1.165) is 34.4 Å². The van der Waals surface area contributed by atoms with Crippen molar-refractivity contribution in [2.75, 3.05) is 13.7 Å². The maximum atomic E-state index is 13.7. The summed E-state index contributed by atoms with van der Waals surface area (Å²) in [5, 5.41) is 7.64. The van der Waals surface area contributed by atoms with Crippen molar-refractivity contribution < 1.29 is 14.3 Å². The number of rotatable bonds is 9. The average molecular weight is 496 g/mol. The molecule has 2 heterocycles. The zero-order valence-electron chi connectivity index (χ0n) is 21.8. The third kappa shape index (κ3) is 4.96. The molecule has 4 aromatic rings. The summed E-state index contributed by atoms with van der Waals surface area (Å²) < 4.78 is 11.8. The molecule has 0 spiro atoms. The van der Waals surface area contributed by atoms with Gasteiger partial charge in [0.2, 0.25) is 0 Å². The Hall–Kier alpha value is -4.06. The number of aromatic nitrogens is 2. The van der Waals surface area contributed by atoms with E-state index < -0.39 is 0 Å². The molecule has 5 rings (SSSR count). The van der Waals surface area contributed by atoms with Crippen LogP contribution in [-0.4, -0.2) is 34.7 Å². The number of benzene rings is 3. The fourth-order valence-corrected chi connectivity index (χ4v) is 4.80. The number of amides is 1. The average Bonchev–Trinajstić information content (AvgIpc) is 3.44. The molecule has 0 aliphatic carbocycles. The van der Waals surface area contributed by atoms with E-state index in [1.165, 1.54) is 5.56 Å². The third-order valence-electron chi connectivity index (χ3n) is 6.84. The molecule has 1 aliphatic heterocycles. The van der Waals surface area contributed by atoms with Gasteiger partial charge in [0.15, 0.2) is 11.5 Å². The van der Waals surface area contributed by atoms with Crippen LogP contribution in [0.25, 0.3) is 11.3 Å². The first-order chi connectivity index (χ1) is 18.0. The van der Waals surface area contributed by atoms with Crippen molar-refractivity contribution in [3.05, 3.63) is 101 Å². The summed E-state index contributed by atoms with van der Waals surface area (Å²) in [4.78, 5) is 15.6. The first-order valence-electron chi connectivity index (χ1n) is 12.8. The highest BCUT2D eigenvalue weighted by molar-refractivity contribution is 6.00. The van der Waals surface area contributed by atoms with E-state index in [1.54, 1.807) is 7.11 Å². The van der Waals surface area contributed by atoms with Crippen LogP contribution < -0.4 is 9.47 Å². The Balaban J connectivity index is 1.58. The van der Waals surface area contributed by atoms with Gasteiger partial charge >= 0.3 is 0 Å². The molecular weight excluding hydrogens is 462 g/mol. The van der Waals surface area contributed by atoms with Crippen LogP contribution in [0.1, 0.15) is 59.1 Å². The van der Waals surface area contributed by atoms with Crippen LogP contribution in [0.2, 0.25) is 0 Å². The van der Waals surface area contributed by atoms with Crippen molar-refractivity contribution in [1.29, 1.82) is 0 Å². The molecular formula is C31H33N3O3. The molecule has 1 N–H and O–H groups in total. The Morgan fingerprint density at radius 2 is 1.76 bits per heavy atom. The first kappa shape index (κ1) is 24.6. The number of fused-ring (bicyclic) bond motifs is 1. The summed E-state index contributed by atoms with van der Waals surface area (Å²) in [6, 6.07) is 23.9. The number of hydrogen-bond acceptors (Lipinski definition) is 4. The SMILES string of the molecule is COc1cc(C2c3c(-c4ccc(C)cc4)n[nH]c3C(=O)N2Cc2ccccc2)ccc1OCCC(C)C. The summed E-state index contributed by atoms with van der Waals surface area (Å²) in [5.74, 6) is 1.85. The van der Waals surface area contributed by atoms with Gasteiger partial charge in [0.05, 0.1) is 25.5 Å². The van der Waals surface area contributed by atoms with Crippen LogP contribution in [0.5, 0.6) is 11.5 Å². The second-order valence-electron chi connectivity index (χ2n) is 9.99. The van der Waals surface area contributed by atoms with Crippen LogP contribution >= 0.6 is 0 Å². The second-order valence-corrected chi connectivity index (χ2v) is 9.99. The normalized spacial score (nSPS) is 14.8. The number of H-pyrrole nitrogens is 1. The minimum atomic E-state index is -0.323. The zero-order valence-corrected chi connectivity index (χ0v) is 21.8. The van der Waals surface area contributed by atoms with Crippen LogP contribution in [0, 0.1) is 12.8 Å². The number of aryl methyl sites for hydroxylation is 1. The molecule has 190 valence electrons. The molecule has 1 amide bonds. The molecule has 0 saturated heterocycles. The van der Waals surface area contributed by atoms with Crippen molar-refractivity contribution in [1.82, 2.24) is 15.1 Å². The Labute approximate surface area is 218 Å². The standard InChI is InChI=1S/C31H33N3O3/c1-20(2)16-17-37-25-15-14-24(18-26(25)36-4)30-27-28(23-12-10-21(3)11-13-23)32-33-29(27)31(35)34(30)19-22-8-6-5-7-9-22/h5-15,18,20,30H,16-17,19H2,1-4H3,(H,32,33). The largest absolute Gasteiger partial charge is 0.493 e. The van der Waals surface area contributed by atoms with Gasteiger partial charge in [0.1, 0.15) is 5.69 Å². The Morgan fingerprint density at radius 1 is 1.00 bits per heavy atom. The fourth-order valence-electron chi connectivity index (χ4n) is 4.80. The van der Waals surface area contributed by atoms with E-state index in [-0.39, 0.29) is 11.9 Å². The lowest BCUT2D eigenvalue weighted by molar-refractivity contribution is 0.0730. The summed E-state index contributed by atoms with van der Waals surface area (Å²) in [7, 11) is 1.65. The van der Waals surface area contributed by atoms with Crippen molar-refractivity contribution in [3.63, 3.8) is 0 Å². The molecule has 0 saturated carbocycles. The van der Waals surface area contributed by atoms with Gasteiger partial charge in [-0.2, -0.15) is 5.10 Å². The molecule has 6 nitrogen and oxygen atoms in total. The Kier molecular flexibility index (Phi) is 6.99. The van der Waals surface area contributed by atoms with E-state index in [0.29, 0.717) is 36.3 Å². The molecule has 1 aliphatic rings. The van der Waals surface area contributed by atoms with Gasteiger partial charge in [-0.15, -0.1) is 0 Å². The molecule has 0 fully saturated rings. The lowest BCUT2D eigenvalue weighted by Gasteiger charge is -2.27. The summed E-state index contributed by atoms with van der Waals surface area (Å²) in [6.45, 7) is 7.52. The maximum absolute atomic E-state index is 13.7. The van der Waals surface area contributed by atoms with Crippen LogP contribution in [0.4, 0.5) is 0 Å². The van der Waals surface area contributed by atoms with Crippen molar-refractivity contribution in [3.8, 4) is 22.8 Å². The molecule has 1 aromatic heterocycles. The van der Waals surface area contributed by atoms with Crippen LogP contribution in [0.15, 0.2) is 72.8 Å². The summed E-state index contributed by atoms with van der Waals surface area (Å²) in [6.07, 6.45) is 0.963. The van der Waals surface area contributed by atoms with Gasteiger partial charge in [0.25, 0.3) is 5.91 Å². The third-order valence-corrected chi connectivity index (χ3v) is 6.84. The minimum Gasteiger partial charge on any atom is -0.493 e. The van der Waals surface area contributed by atoms with E-state index >= 15 is 0 Å². The van der Waals surface area contributed by atoms with E-state index in [1.807, 2.05) is 53.4 Å². The number of carbonyl (C=O) groups excluding carboxylic acids is 1. The van der Waals surface area contributed by atoms with Crippen LogP contribution in [0.3, 0.4) is 0 Å². The highest BCUT2D eigenvalue weighted by Gasteiger charge is 2.42. The van der Waals surface area contributed by atoms with Gasteiger partial charge in [0, 0.05) is 17.7 Å². The molecule has 1 unspecified atom stereocenters. The predicted octanol–water partition coefficient (Wildman–Crippen LogP) is 6.56. The van der Waals surface area contributed by atoms with Gasteiger partial charge in [-0.3, -0.25) is 9.89 Å². The molecule has 1 atom stereocenters. The van der Waals surface area contributed by atoms with Gasteiger partial charge in [-0.25, -0.2) is 0 Å². The van der Waals surface area contributed by atoms with Crippen molar-refractivity contribution in [2.24, 2.45) is 5.92 Å². The molecule has 37 heavy (non-hydrogen) atoms. The van der Waals surface area contributed by atoms with Gasteiger partial charge in [-0.1, -0.05) is 80.1 Å². The number of aromatic amines is 1. The topological polar surface area (TPSA) is 67.5 Å². The highest BCUT2D eigenvalue weighted by Crippen LogP contribution is 2.45. The summed E-state index contributed by atoms with van der Waals surface area (Å²) >= 11 is 0. The maximum Gasteiger partial charge on any atom is 0.273 e. The minimum absolute atomic E-state index is 0.0639. The predicted molar refractivity (Wildman–Crippen MR) is 145 cm³/mol. The van der Waals surface area contributed by atoms with Crippen molar-refractivity contribution >= 4 is 5.91 Å². The van der Waals surface area contributed by atoms with E-state index in [2.05, 4.69) is 55.2 Å². The lowest BCUT2D eigenvalue weighted by Crippen LogP contribution is -2.29. The monoisotopic (exact) mass is 495 g/mol. The van der Waals surface area contributed by atoms with Gasteiger partial charge in [-0.05, 0) is 42.5 Å². The smallest absolute Gasteiger partial charge is 0.273 e. The number of nitrogens with zero attached hydrogens (tertiary/aromatic N) is 2. The molecule has 0 bridgehead atoms. The van der Waals surface area contributed by atoms with E-state index in [4.69, 9.17) is 9.47 Å². The molecule has 6 heteroatoms. The number of hydrogen-bond donors (Lipinski definition) is 1. The lowest BCUT2D eigenvalue weighted by atomic mass is 9.95. The Morgan fingerprint density at radius 3 is 2.46 bits per heavy atom. The molecule has 0 radical (unpaired) electrons. The highest BCUT2D eigenvalue weighted by atomic mass is 16.5. The van der Waals surface area contributed by atoms with Crippen LogP contribution in [-0.2, 0) is 6.54 Å². The second kappa shape index (κ2) is 10.5. The van der Waals surface area contributed by atoms with Crippen molar-refractivity contribution in [2.45, 2.75) is 39.8 Å². The number of methoxy groups -OCH3 is 1. The zero-order chi connectivity index (χ0) is 25.9. The van der Waals surface area contributed by atoms with Gasteiger partial charge < -0.3 is 14.4 Å².